The van der Waals surface area contributed by atoms with Crippen LogP contribution >= 0.6 is 11.6 Å². The second kappa shape index (κ2) is 15.4. The molecule has 9 heteroatoms. The smallest absolute Gasteiger partial charge is 0.264 e. The first-order chi connectivity index (χ1) is 21.9. The van der Waals surface area contributed by atoms with Gasteiger partial charge in [0.2, 0.25) is 11.8 Å². The molecular weight excluding hydrogens is 618 g/mol. The maximum atomic E-state index is 14.6. The summed E-state index contributed by atoms with van der Waals surface area (Å²) in [6.07, 6.45) is 0.231. The summed E-state index contributed by atoms with van der Waals surface area (Å²) in [5.74, 6) is -0.664. The number of anilines is 1. The number of amides is 2. The average Bonchev–Trinajstić information content (AvgIpc) is 3.03. The van der Waals surface area contributed by atoms with Crippen LogP contribution in [-0.4, -0.2) is 44.3 Å². The van der Waals surface area contributed by atoms with Gasteiger partial charge in [0.1, 0.15) is 12.6 Å². The third kappa shape index (κ3) is 8.56. The molecule has 0 radical (unpaired) electrons. The zero-order valence-electron chi connectivity index (χ0n) is 27.0. The van der Waals surface area contributed by atoms with Crippen molar-refractivity contribution in [1.82, 2.24) is 10.2 Å². The van der Waals surface area contributed by atoms with Gasteiger partial charge in [-0.3, -0.25) is 13.9 Å². The fraction of sp³-hybridized carbons (Fsp3) is 0.297. The summed E-state index contributed by atoms with van der Waals surface area (Å²) in [5.41, 5.74) is 4.44. The van der Waals surface area contributed by atoms with Crippen molar-refractivity contribution in [2.45, 2.75) is 58.5 Å². The van der Waals surface area contributed by atoms with Gasteiger partial charge in [-0.15, -0.1) is 0 Å². The monoisotopic (exact) mass is 659 g/mol. The number of hydrogen-bond donors (Lipinski definition) is 1. The number of nitrogens with zero attached hydrogens (tertiary/aromatic N) is 2. The van der Waals surface area contributed by atoms with Crippen molar-refractivity contribution in [1.29, 1.82) is 0 Å². The molecular formula is C37H42ClN3O4S. The van der Waals surface area contributed by atoms with Gasteiger partial charge in [-0.05, 0) is 73.2 Å². The molecule has 4 rings (SSSR count). The lowest BCUT2D eigenvalue weighted by Gasteiger charge is -2.34. The summed E-state index contributed by atoms with van der Waals surface area (Å²) >= 11 is 6.58. The number of hydrogen-bond acceptors (Lipinski definition) is 4. The highest BCUT2D eigenvalue weighted by Gasteiger charge is 2.35. The highest BCUT2D eigenvalue weighted by atomic mass is 35.5. The van der Waals surface area contributed by atoms with E-state index >= 15 is 0 Å². The van der Waals surface area contributed by atoms with Crippen molar-refractivity contribution in [2.75, 3.05) is 17.4 Å². The van der Waals surface area contributed by atoms with Gasteiger partial charge in [0, 0.05) is 24.5 Å². The van der Waals surface area contributed by atoms with Crippen molar-refractivity contribution in [3.8, 4) is 0 Å². The number of rotatable bonds is 13. The number of carbonyl (C=O) groups is 2. The van der Waals surface area contributed by atoms with Gasteiger partial charge in [0.05, 0.1) is 10.6 Å². The van der Waals surface area contributed by atoms with Crippen LogP contribution in [0.3, 0.4) is 0 Å². The van der Waals surface area contributed by atoms with E-state index in [9.17, 15) is 18.0 Å². The molecule has 4 aromatic rings. The molecule has 0 bridgehead atoms. The minimum Gasteiger partial charge on any atom is -0.354 e. The third-order valence-corrected chi connectivity index (χ3v) is 10.1. The predicted octanol–water partition coefficient (Wildman–Crippen LogP) is 6.87. The molecule has 0 spiro atoms. The van der Waals surface area contributed by atoms with Crippen LogP contribution in [0.1, 0.15) is 41.7 Å². The molecule has 0 saturated heterocycles. The van der Waals surface area contributed by atoms with Crippen LogP contribution < -0.4 is 9.62 Å². The number of sulfonamides is 1. The lowest BCUT2D eigenvalue weighted by Crippen LogP contribution is -2.53. The van der Waals surface area contributed by atoms with E-state index in [1.807, 2.05) is 77.1 Å². The molecule has 4 aromatic carbocycles. The van der Waals surface area contributed by atoms with E-state index in [-0.39, 0.29) is 29.7 Å². The molecule has 0 aliphatic carbocycles. The predicted molar refractivity (Wildman–Crippen MR) is 185 cm³/mol. The van der Waals surface area contributed by atoms with Gasteiger partial charge in [0.25, 0.3) is 10.0 Å². The van der Waals surface area contributed by atoms with Crippen molar-refractivity contribution >= 4 is 39.1 Å². The minimum absolute atomic E-state index is 0.0102. The van der Waals surface area contributed by atoms with Crippen molar-refractivity contribution in [3.63, 3.8) is 0 Å². The van der Waals surface area contributed by atoms with Gasteiger partial charge >= 0.3 is 0 Å². The van der Waals surface area contributed by atoms with Gasteiger partial charge in [0.15, 0.2) is 0 Å². The summed E-state index contributed by atoms with van der Waals surface area (Å²) in [6.45, 7) is 9.53. The van der Waals surface area contributed by atoms with Crippen LogP contribution in [0.5, 0.6) is 0 Å². The highest BCUT2D eigenvalue weighted by molar-refractivity contribution is 7.92. The van der Waals surface area contributed by atoms with E-state index in [0.29, 0.717) is 22.8 Å². The molecule has 1 N–H and O–H groups in total. The van der Waals surface area contributed by atoms with E-state index in [4.69, 9.17) is 11.6 Å². The molecule has 0 aliphatic rings. The summed E-state index contributed by atoms with van der Waals surface area (Å²) in [6, 6.07) is 27.6. The van der Waals surface area contributed by atoms with Crippen molar-refractivity contribution in [2.24, 2.45) is 5.92 Å². The average molecular weight is 660 g/mol. The quantitative estimate of drug-likeness (QED) is 0.170. The van der Waals surface area contributed by atoms with Crippen LogP contribution in [0, 0.1) is 26.7 Å². The molecule has 0 aromatic heterocycles. The topological polar surface area (TPSA) is 86.8 Å². The first-order valence-electron chi connectivity index (χ1n) is 15.4. The molecule has 46 heavy (non-hydrogen) atoms. The summed E-state index contributed by atoms with van der Waals surface area (Å²) in [5, 5.41) is 3.45. The second-order valence-electron chi connectivity index (χ2n) is 12.0. The molecule has 1 atom stereocenters. The van der Waals surface area contributed by atoms with E-state index in [1.165, 1.54) is 4.90 Å². The van der Waals surface area contributed by atoms with Crippen LogP contribution in [-0.2, 0) is 32.6 Å². The van der Waals surface area contributed by atoms with Crippen LogP contribution in [0.4, 0.5) is 5.69 Å². The molecule has 7 nitrogen and oxygen atoms in total. The maximum absolute atomic E-state index is 14.6. The Morgan fingerprint density at radius 1 is 0.826 bits per heavy atom. The largest absolute Gasteiger partial charge is 0.354 e. The number of benzene rings is 4. The van der Waals surface area contributed by atoms with E-state index in [1.54, 1.807) is 54.6 Å². The third-order valence-electron chi connectivity index (χ3n) is 7.99. The molecule has 242 valence electrons. The lowest BCUT2D eigenvalue weighted by molar-refractivity contribution is -0.140. The van der Waals surface area contributed by atoms with E-state index < -0.39 is 28.5 Å². The SMILES string of the molecule is Cc1ccc(S(=O)(=O)N(CC(=O)N(Cc2ccccc2Cl)C(Cc2ccccc2)C(=O)NCC(C)C)c2cccc(C)c2C)cc1. The Balaban J connectivity index is 1.84. The lowest BCUT2D eigenvalue weighted by atomic mass is 10.0. The Kier molecular flexibility index (Phi) is 11.7. The number of nitrogens with one attached hydrogen (secondary N) is 1. The summed E-state index contributed by atoms with van der Waals surface area (Å²) < 4.78 is 29.8. The fourth-order valence-electron chi connectivity index (χ4n) is 5.14. The minimum atomic E-state index is -4.19. The molecule has 2 amide bonds. The Labute approximate surface area is 278 Å². The van der Waals surface area contributed by atoms with Crippen LogP contribution in [0.2, 0.25) is 5.02 Å². The van der Waals surface area contributed by atoms with Crippen LogP contribution in [0.15, 0.2) is 102 Å². The molecule has 0 saturated carbocycles. The van der Waals surface area contributed by atoms with Crippen molar-refractivity contribution < 1.29 is 18.0 Å². The zero-order chi connectivity index (χ0) is 33.4. The standard InChI is InChI=1S/C37H42ClN3O4S/c1-26(2)23-39-37(43)35(22-30-13-7-6-8-14-30)40(24-31-15-9-10-16-33(31)38)36(42)25-41(34-17-11-12-28(4)29(34)5)46(44,45)32-20-18-27(3)19-21-32/h6-21,26,35H,22-25H2,1-5H3,(H,39,43). The summed E-state index contributed by atoms with van der Waals surface area (Å²) in [7, 11) is -4.19. The first-order valence-corrected chi connectivity index (χ1v) is 17.2. The highest BCUT2D eigenvalue weighted by Crippen LogP contribution is 2.30. The number of halogens is 1. The molecule has 0 fully saturated rings. The van der Waals surface area contributed by atoms with Gasteiger partial charge < -0.3 is 10.2 Å². The number of aryl methyl sites for hydroxylation is 2. The van der Waals surface area contributed by atoms with Crippen molar-refractivity contribution in [3.05, 3.63) is 130 Å². The van der Waals surface area contributed by atoms with E-state index in [2.05, 4.69) is 5.32 Å². The Hall–Kier alpha value is -4.14. The Bertz CT molecular complexity index is 1760. The maximum Gasteiger partial charge on any atom is 0.264 e. The van der Waals surface area contributed by atoms with E-state index in [0.717, 1.165) is 26.6 Å². The van der Waals surface area contributed by atoms with Gasteiger partial charge in [-0.2, -0.15) is 0 Å². The van der Waals surface area contributed by atoms with Gasteiger partial charge in [-0.25, -0.2) is 8.42 Å². The molecule has 1 unspecified atom stereocenters. The first kappa shape index (κ1) is 34.7. The summed E-state index contributed by atoms with van der Waals surface area (Å²) in [4.78, 5) is 30.1. The molecule has 0 heterocycles. The number of carbonyl (C=O) groups excluding carboxylic acids is 2. The second-order valence-corrected chi connectivity index (χ2v) is 14.3. The van der Waals surface area contributed by atoms with Crippen LogP contribution in [0.25, 0.3) is 0 Å². The normalized spacial score (nSPS) is 12.1. The van der Waals surface area contributed by atoms with Gasteiger partial charge in [-0.1, -0.05) is 104 Å². The zero-order valence-corrected chi connectivity index (χ0v) is 28.6. The fourth-order valence-corrected chi connectivity index (χ4v) is 6.81. The Morgan fingerprint density at radius 2 is 1.48 bits per heavy atom. The molecule has 0 aliphatic heterocycles. The Morgan fingerprint density at radius 3 is 2.13 bits per heavy atom.